The molecule has 0 spiro atoms. The van der Waals surface area contributed by atoms with Gasteiger partial charge in [-0.1, -0.05) is 18.7 Å². The molecule has 0 aliphatic carbocycles. The Morgan fingerprint density at radius 3 is 2.75 bits per heavy atom. The van der Waals surface area contributed by atoms with Gasteiger partial charge in [0.15, 0.2) is 5.16 Å². The summed E-state index contributed by atoms with van der Waals surface area (Å²) in [4.78, 5) is 19.2. The molecule has 0 atom stereocenters. The number of carbonyl (C=O) groups is 1. The van der Waals surface area contributed by atoms with Crippen molar-refractivity contribution >= 4 is 17.7 Å². The average Bonchev–Trinajstić information content (AvgIpc) is 2.34. The Kier molecular flexibility index (Phi) is 5.81. The lowest BCUT2D eigenvalue weighted by molar-refractivity contribution is -0.137. The molecule has 0 aromatic carbocycles. The zero-order valence-electron chi connectivity index (χ0n) is 9.40. The lowest BCUT2D eigenvalue weighted by atomic mass is 10.3. The summed E-state index contributed by atoms with van der Waals surface area (Å²) in [5.74, 6) is -0.0337. The molecule has 1 aromatic heterocycles. The summed E-state index contributed by atoms with van der Waals surface area (Å²) >= 11 is 1.27. The third-order valence-corrected chi connectivity index (χ3v) is 2.66. The highest BCUT2D eigenvalue weighted by Gasteiger charge is 2.04. The van der Waals surface area contributed by atoms with Gasteiger partial charge in [0.05, 0.1) is 12.9 Å². The predicted molar refractivity (Wildman–Crippen MR) is 62.2 cm³/mol. The summed E-state index contributed by atoms with van der Waals surface area (Å²) < 4.78 is 4.52. The quantitative estimate of drug-likeness (QED) is 0.452. The highest BCUT2D eigenvalue weighted by atomic mass is 32.2. The van der Waals surface area contributed by atoms with Crippen LogP contribution in [0, 0.1) is 0 Å². The largest absolute Gasteiger partial charge is 0.468 e. The molecule has 0 unspecified atom stereocenters. The van der Waals surface area contributed by atoms with Gasteiger partial charge in [-0.3, -0.25) is 4.79 Å². The van der Waals surface area contributed by atoms with Crippen LogP contribution in [-0.2, 0) is 16.1 Å². The van der Waals surface area contributed by atoms with Gasteiger partial charge in [0.1, 0.15) is 0 Å². The maximum atomic E-state index is 10.9. The number of aromatic nitrogens is 2. The number of hydrogen-bond acceptors (Lipinski definition) is 6. The third-order valence-electron chi connectivity index (χ3n) is 1.81. The Balaban J connectivity index is 2.41. The monoisotopic (exact) mass is 241 g/mol. The third kappa shape index (κ3) is 4.59. The van der Waals surface area contributed by atoms with Crippen LogP contribution >= 0.6 is 11.8 Å². The molecule has 0 radical (unpaired) electrons. The van der Waals surface area contributed by atoms with Crippen LogP contribution < -0.4 is 5.32 Å². The van der Waals surface area contributed by atoms with E-state index in [0.717, 1.165) is 18.7 Å². The summed E-state index contributed by atoms with van der Waals surface area (Å²) in [6, 6.07) is 0. The lowest BCUT2D eigenvalue weighted by Crippen LogP contribution is -2.12. The smallest absolute Gasteiger partial charge is 0.316 e. The van der Waals surface area contributed by atoms with Crippen LogP contribution in [-0.4, -0.2) is 35.3 Å². The number of esters is 1. The zero-order valence-corrected chi connectivity index (χ0v) is 10.2. The van der Waals surface area contributed by atoms with E-state index in [0.29, 0.717) is 5.16 Å². The molecule has 0 aliphatic heterocycles. The number of thioether (sulfide) groups is 1. The second kappa shape index (κ2) is 7.19. The maximum absolute atomic E-state index is 10.9. The van der Waals surface area contributed by atoms with Gasteiger partial charge in [-0.25, -0.2) is 9.97 Å². The molecule has 1 aromatic rings. The SMILES string of the molecule is CCNCc1cnc(SCC(=O)OC)nc1. The number of ether oxygens (including phenoxy) is 1. The van der Waals surface area contributed by atoms with E-state index in [-0.39, 0.29) is 11.7 Å². The van der Waals surface area contributed by atoms with Crippen molar-refractivity contribution in [1.82, 2.24) is 15.3 Å². The molecule has 16 heavy (non-hydrogen) atoms. The van der Waals surface area contributed by atoms with Gasteiger partial charge in [-0.05, 0) is 6.54 Å². The number of nitrogens with one attached hydrogen (secondary N) is 1. The van der Waals surface area contributed by atoms with Gasteiger partial charge in [0.25, 0.3) is 0 Å². The molecular formula is C10H15N3O2S. The van der Waals surface area contributed by atoms with E-state index >= 15 is 0 Å². The molecule has 6 heteroatoms. The number of carbonyl (C=O) groups excluding carboxylic acids is 1. The summed E-state index contributed by atoms with van der Waals surface area (Å²) in [6.07, 6.45) is 3.52. The Bertz CT molecular complexity index is 329. The highest BCUT2D eigenvalue weighted by molar-refractivity contribution is 7.99. The van der Waals surface area contributed by atoms with Crippen molar-refractivity contribution < 1.29 is 9.53 Å². The highest BCUT2D eigenvalue weighted by Crippen LogP contribution is 2.11. The molecule has 88 valence electrons. The normalized spacial score (nSPS) is 10.1. The van der Waals surface area contributed by atoms with E-state index in [1.807, 2.05) is 6.92 Å². The fourth-order valence-electron chi connectivity index (χ4n) is 0.960. The Labute approximate surface area is 99.0 Å². The molecule has 5 nitrogen and oxygen atoms in total. The van der Waals surface area contributed by atoms with Gasteiger partial charge in [-0.15, -0.1) is 0 Å². The number of rotatable bonds is 6. The second-order valence-electron chi connectivity index (χ2n) is 3.02. The van der Waals surface area contributed by atoms with Crippen LogP contribution in [0.4, 0.5) is 0 Å². The van der Waals surface area contributed by atoms with Crippen molar-refractivity contribution in [3.8, 4) is 0 Å². The van der Waals surface area contributed by atoms with Gasteiger partial charge >= 0.3 is 5.97 Å². The molecule has 0 amide bonds. The fourth-order valence-corrected chi connectivity index (χ4v) is 1.58. The summed E-state index contributed by atoms with van der Waals surface area (Å²) in [6.45, 7) is 3.72. The Hall–Kier alpha value is -1.14. The molecule has 0 saturated carbocycles. The first kappa shape index (κ1) is 12.9. The van der Waals surface area contributed by atoms with Gasteiger partial charge in [0.2, 0.25) is 0 Å². The van der Waals surface area contributed by atoms with Gasteiger partial charge in [0, 0.05) is 24.5 Å². The summed E-state index contributed by atoms with van der Waals surface area (Å²) in [5.41, 5.74) is 1.03. The molecule has 1 rings (SSSR count). The molecule has 1 N–H and O–H groups in total. The van der Waals surface area contributed by atoms with Crippen LogP contribution in [0.3, 0.4) is 0 Å². The van der Waals surface area contributed by atoms with Crippen LogP contribution in [0.25, 0.3) is 0 Å². The lowest BCUT2D eigenvalue weighted by Gasteiger charge is -2.02. The van der Waals surface area contributed by atoms with Crippen molar-refractivity contribution in [2.24, 2.45) is 0 Å². The first-order valence-corrected chi connectivity index (χ1v) is 5.96. The molecule has 0 aliphatic rings. The van der Waals surface area contributed by atoms with Crippen molar-refractivity contribution in [3.05, 3.63) is 18.0 Å². The van der Waals surface area contributed by atoms with E-state index < -0.39 is 0 Å². The Morgan fingerprint density at radius 1 is 1.50 bits per heavy atom. The molecule has 0 fully saturated rings. The average molecular weight is 241 g/mol. The summed E-state index contributed by atoms with van der Waals surface area (Å²) in [7, 11) is 1.36. The van der Waals surface area contributed by atoms with Crippen LogP contribution in [0.2, 0.25) is 0 Å². The minimum absolute atomic E-state index is 0.239. The molecular weight excluding hydrogens is 226 g/mol. The van der Waals surface area contributed by atoms with E-state index in [1.54, 1.807) is 12.4 Å². The van der Waals surface area contributed by atoms with E-state index in [1.165, 1.54) is 18.9 Å². The zero-order chi connectivity index (χ0) is 11.8. The van der Waals surface area contributed by atoms with Gasteiger partial charge in [-0.2, -0.15) is 0 Å². The summed E-state index contributed by atoms with van der Waals surface area (Å²) in [5, 5.41) is 3.77. The van der Waals surface area contributed by atoms with Crippen LogP contribution in [0.15, 0.2) is 17.6 Å². The topological polar surface area (TPSA) is 64.1 Å². The van der Waals surface area contributed by atoms with Crippen LogP contribution in [0.1, 0.15) is 12.5 Å². The fraction of sp³-hybridized carbons (Fsp3) is 0.500. The maximum Gasteiger partial charge on any atom is 0.316 e. The van der Waals surface area contributed by atoms with E-state index in [2.05, 4.69) is 20.0 Å². The van der Waals surface area contributed by atoms with Crippen molar-refractivity contribution in [3.63, 3.8) is 0 Å². The first-order chi connectivity index (χ1) is 7.76. The van der Waals surface area contributed by atoms with E-state index in [4.69, 9.17) is 0 Å². The second-order valence-corrected chi connectivity index (χ2v) is 3.96. The number of nitrogens with zero attached hydrogens (tertiary/aromatic N) is 2. The number of methoxy groups -OCH3 is 1. The Morgan fingerprint density at radius 2 is 2.19 bits per heavy atom. The van der Waals surface area contributed by atoms with Crippen molar-refractivity contribution in [2.45, 2.75) is 18.6 Å². The van der Waals surface area contributed by atoms with Gasteiger partial charge < -0.3 is 10.1 Å². The molecule has 0 bridgehead atoms. The van der Waals surface area contributed by atoms with E-state index in [9.17, 15) is 4.79 Å². The minimum Gasteiger partial charge on any atom is -0.468 e. The number of hydrogen-bond donors (Lipinski definition) is 1. The molecule has 0 saturated heterocycles. The predicted octanol–water partition coefficient (Wildman–Crippen LogP) is 0.851. The van der Waals surface area contributed by atoms with Crippen molar-refractivity contribution in [2.75, 3.05) is 19.4 Å². The molecule has 1 heterocycles. The first-order valence-electron chi connectivity index (χ1n) is 4.97. The standard InChI is InChI=1S/C10H15N3O2S/c1-3-11-4-8-5-12-10(13-6-8)16-7-9(14)15-2/h5-6,11H,3-4,7H2,1-2H3. The van der Waals surface area contributed by atoms with Crippen LogP contribution in [0.5, 0.6) is 0 Å². The van der Waals surface area contributed by atoms with Crippen molar-refractivity contribution in [1.29, 1.82) is 0 Å². The minimum atomic E-state index is -0.273.